The van der Waals surface area contributed by atoms with Crippen molar-refractivity contribution >= 4 is 22.7 Å². The van der Waals surface area contributed by atoms with E-state index in [1.807, 2.05) is 60.7 Å². The van der Waals surface area contributed by atoms with E-state index in [1.165, 1.54) is 24.0 Å². The molecule has 0 radical (unpaired) electrons. The van der Waals surface area contributed by atoms with Gasteiger partial charge >= 0.3 is 0 Å². The average Bonchev–Trinajstić information content (AvgIpc) is 3.18. The van der Waals surface area contributed by atoms with E-state index in [1.54, 1.807) is 0 Å². The van der Waals surface area contributed by atoms with Crippen molar-refractivity contribution in [3.05, 3.63) is 83.4 Å². The number of carbonyl (C=O) groups excluding carboxylic acids is 1. The minimum absolute atomic E-state index is 0.0944. The van der Waals surface area contributed by atoms with Crippen LogP contribution in [0.5, 0.6) is 0 Å². The van der Waals surface area contributed by atoms with Gasteiger partial charge in [-0.25, -0.2) is 4.98 Å². The molecule has 4 heteroatoms. The Morgan fingerprint density at radius 3 is 2.64 bits per heavy atom. The van der Waals surface area contributed by atoms with E-state index < -0.39 is 0 Å². The lowest BCUT2D eigenvalue weighted by Gasteiger charge is -2.16. The highest BCUT2D eigenvalue weighted by molar-refractivity contribution is 6.04. The van der Waals surface area contributed by atoms with Crippen molar-refractivity contribution < 1.29 is 9.21 Å². The van der Waals surface area contributed by atoms with E-state index in [-0.39, 0.29) is 5.91 Å². The molecule has 1 amide bonds. The lowest BCUT2D eigenvalue weighted by atomic mass is 9.90. The SMILES string of the molecule is O=C(Nc1cccc(-c2nc3ccccc3o2)c1)c1ccc2c(c1)CCCC2. The van der Waals surface area contributed by atoms with Crippen LogP contribution < -0.4 is 5.32 Å². The van der Waals surface area contributed by atoms with Crippen molar-refractivity contribution in [3.8, 4) is 11.5 Å². The smallest absolute Gasteiger partial charge is 0.255 e. The van der Waals surface area contributed by atoms with Crippen molar-refractivity contribution in [1.82, 2.24) is 4.98 Å². The summed E-state index contributed by atoms with van der Waals surface area (Å²) >= 11 is 0. The van der Waals surface area contributed by atoms with Crippen LogP contribution in [0, 0.1) is 0 Å². The number of hydrogen-bond donors (Lipinski definition) is 1. The molecule has 3 aromatic carbocycles. The number of carbonyl (C=O) groups is 1. The van der Waals surface area contributed by atoms with E-state index in [4.69, 9.17) is 4.42 Å². The van der Waals surface area contributed by atoms with Gasteiger partial charge in [0.25, 0.3) is 5.91 Å². The standard InChI is InChI=1S/C24H20N2O2/c27-23(18-13-12-16-6-1-2-7-17(16)14-18)25-20-9-5-8-19(15-20)24-26-21-10-3-4-11-22(21)28-24/h3-5,8-15H,1-2,6-7H2,(H,25,27). The zero-order valence-corrected chi connectivity index (χ0v) is 15.4. The number of hydrogen-bond acceptors (Lipinski definition) is 3. The summed E-state index contributed by atoms with van der Waals surface area (Å²) in [5.74, 6) is 0.453. The predicted molar refractivity (Wildman–Crippen MR) is 110 cm³/mol. The molecular weight excluding hydrogens is 348 g/mol. The highest BCUT2D eigenvalue weighted by atomic mass is 16.3. The van der Waals surface area contributed by atoms with Crippen molar-refractivity contribution in [1.29, 1.82) is 0 Å². The van der Waals surface area contributed by atoms with Crippen molar-refractivity contribution in [2.75, 3.05) is 5.32 Å². The monoisotopic (exact) mass is 368 g/mol. The van der Waals surface area contributed by atoms with Crippen LogP contribution in [0.1, 0.15) is 34.3 Å². The second-order valence-corrected chi connectivity index (χ2v) is 7.21. The van der Waals surface area contributed by atoms with Gasteiger partial charge in [-0.2, -0.15) is 0 Å². The third kappa shape index (κ3) is 3.18. The number of benzene rings is 3. The maximum absolute atomic E-state index is 12.7. The molecule has 28 heavy (non-hydrogen) atoms. The van der Waals surface area contributed by atoms with Gasteiger partial charge in [-0.05, 0) is 79.3 Å². The van der Waals surface area contributed by atoms with Crippen LogP contribution in [-0.4, -0.2) is 10.9 Å². The summed E-state index contributed by atoms with van der Waals surface area (Å²) in [6.45, 7) is 0. The second-order valence-electron chi connectivity index (χ2n) is 7.21. The molecule has 138 valence electrons. The number of rotatable bonds is 3. The van der Waals surface area contributed by atoms with Gasteiger partial charge in [-0.15, -0.1) is 0 Å². The molecule has 1 aliphatic rings. The summed E-state index contributed by atoms with van der Waals surface area (Å²) in [4.78, 5) is 17.3. The van der Waals surface area contributed by atoms with Crippen LogP contribution in [0.25, 0.3) is 22.6 Å². The van der Waals surface area contributed by atoms with Gasteiger partial charge in [0.15, 0.2) is 5.58 Å². The fourth-order valence-electron chi connectivity index (χ4n) is 3.80. The van der Waals surface area contributed by atoms with Gasteiger partial charge in [-0.1, -0.05) is 24.3 Å². The summed E-state index contributed by atoms with van der Waals surface area (Å²) in [6.07, 6.45) is 4.61. The molecule has 0 saturated heterocycles. The average molecular weight is 368 g/mol. The first-order chi connectivity index (χ1) is 13.8. The van der Waals surface area contributed by atoms with Crippen LogP contribution in [0.2, 0.25) is 0 Å². The first-order valence-electron chi connectivity index (χ1n) is 9.65. The summed E-state index contributed by atoms with van der Waals surface area (Å²) in [5.41, 5.74) is 6.51. The molecule has 4 aromatic rings. The molecule has 5 rings (SSSR count). The summed E-state index contributed by atoms with van der Waals surface area (Å²) < 4.78 is 5.84. The van der Waals surface area contributed by atoms with E-state index in [2.05, 4.69) is 16.4 Å². The minimum Gasteiger partial charge on any atom is -0.436 e. The molecule has 0 saturated carbocycles. The second kappa shape index (κ2) is 6.97. The molecule has 0 aliphatic heterocycles. The Kier molecular flexibility index (Phi) is 4.17. The normalized spacial score (nSPS) is 13.3. The lowest BCUT2D eigenvalue weighted by Crippen LogP contribution is -2.13. The molecule has 1 aromatic heterocycles. The lowest BCUT2D eigenvalue weighted by molar-refractivity contribution is 0.102. The fourth-order valence-corrected chi connectivity index (χ4v) is 3.80. The molecular formula is C24H20N2O2. The molecule has 0 spiro atoms. The van der Waals surface area contributed by atoms with Crippen LogP contribution in [0.15, 0.2) is 71.1 Å². The van der Waals surface area contributed by atoms with Crippen LogP contribution >= 0.6 is 0 Å². The number of fused-ring (bicyclic) bond motifs is 2. The number of aryl methyl sites for hydroxylation is 2. The first kappa shape index (κ1) is 16.8. The molecule has 1 heterocycles. The quantitative estimate of drug-likeness (QED) is 0.510. The molecule has 0 fully saturated rings. The van der Waals surface area contributed by atoms with Crippen molar-refractivity contribution in [2.45, 2.75) is 25.7 Å². The maximum Gasteiger partial charge on any atom is 0.255 e. The molecule has 1 N–H and O–H groups in total. The molecule has 0 unspecified atom stereocenters. The summed E-state index contributed by atoms with van der Waals surface area (Å²) in [6, 6.07) is 21.3. The third-order valence-corrected chi connectivity index (χ3v) is 5.27. The van der Waals surface area contributed by atoms with Crippen molar-refractivity contribution in [2.24, 2.45) is 0 Å². The molecule has 0 atom stereocenters. The van der Waals surface area contributed by atoms with Gasteiger partial charge in [0, 0.05) is 16.8 Å². The van der Waals surface area contributed by atoms with Gasteiger partial charge in [0.1, 0.15) is 5.52 Å². The minimum atomic E-state index is -0.0944. The highest BCUT2D eigenvalue weighted by Gasteiger charge is 2.14. The Balaban J connectivity index is 1.40. The highest BCUT2D eigenvalue weighted by Crippen LogP contribution is 2.27. The van der Waals surface area contributed by atoms with Gasteiger partial charge < -0.3 is 9.73 Å². The van der Waals surface area contributed by atoms with E-state index in [0.29, 0.717) is 11.5 Å². The Bertz CT molecular complexity index is 1140. The number of anilines is 1. The Morgan fingerprint density at radius 2 is 1.75 bits per heavy atom. The number of para-hydroxylation sites is 2. The Morgan fingerprint density at radius 1 is 0.893 bits per heavy atom. The van der Waals surface area contributed by atoms with E-state index in [0.717, 1.165) is 35.2 Å². The number of amides is 1. The first-order valence-corrected chi connectivity index (χ1v) is 9.65. The summed E-state index contributed by atoms with van der Waals surface area (Å²) in [7, 11) is 0. The number of oxazole rings is 1. The molecule has 4 nitrogen and oxygen atoms in total. The maximum atomic E-state index is 12.7. The van der Waals surface area contributed by atoms with Crippen molar-refractivity contribution in [3.63, 3.8) is 0 Å². The van der Waals surface area contributed by atoms with Crippen LogP contribution in [0.3, 0.4) is 0 Å². The Hall–Kier alpha value is -3.40. The van der Waals surface area contributed by atoms with E-state index >= 15 is 0 Å². The van der Waals surface area contributed by atoms with E-state index in [9.17, 15) is 4.79 Å². The topological polar surface area (TPSA) is 55.1 Å². The van der Waals surface area contributed by atoms with Crippen LogP contribution in [-0.2, 0) is 12.8 Å². The number of aromatic nitrogens is 1. The zero-order valence-electron chi connectivity index (χ0n) is 15.4. The Labute approximate surface area is 163 Å². The fraction of sp³-hybridized carbons (Fsp3) is 0.167. The van der Waals surface area contributed by atoms with Gasteiger partial charge in [-0.3, -0.25) is 4.79 Å². The third-order valence-electron chi connectivity index (χ3n) is 5.27. The van der Waals surface area contributed by atoms with Gasteiger partial charge in [0.05, 0.1) is 0 Å². The summed E-state index contributed by atoms with van der Waals surface area (Å²) in [5, 5.41) is 3.00. The largest absolute Gasteiger partial charge is 0.436 e. The zero-order chi connectivity index (χ0) is 18.9. The van der Waals surface area contributed by atoms with Crippen LogP contribution in [0.4, 0.5) is 5.69 Å². The number of nitrogens with one attached hydrogen (secondary N) is 1. The van der Waals surface area contributed by atoms with Gasteiger partial charge in [0.2, 0.25) is 5.89 Å². The molecule has 0 bridgehead atoms. The predicted octanol–water partition coefficient (Wildman–Crippen LogP) is 5.63. The molecule has 1 aliphatic carbocycles. The number of nitrogens with zero attached hydrogens (tertiary/aromatic N) is 1.